The molecular formula is C9H10BrF2NO. The summed E-state index contributed by atoms with van der Waals surface area (Å²) >= 11 is 2.94. The predicted molar refractivity (Wildman–Crippen MR) is 53.2 cm³/mol. The van der Waals surface area contributed by atoms with Crippen LogP contribution < -0.4 is 5.32 Å². The monoisotopic (exact) mass is 265 g/mol. The van der Waals surface area contributed by atoms with Gasteiger partial charge in [-0.3, -0.25) is 0 Å². The van der Waals surface area contributed by atoms with E-state index in [-0.39, 0.29) is 15.8 Å². The molecule has 0 fully saturated rings. The number of phenols is 1. The molecule has 0 aliphatic rings. The van der Waals surface area contributed by atoms with Gasteiger partial charge in [0.1, 0.15) is 5.75 Å². The summed E-state index contributed by atoms with van der Waals surface area (Å²) in [6, 6.07) is 0.443. The molecule has 0 aromatic heterocycles. The number of rotatable bonds is 2. The van der Waals surface area contributed by atoms with Crippen molar-refractivity contribution in [2.75, 3.05) is 7.05 Å². The summed E-state index contributed by atoms with van der Waals surface area (Å²) < 4.78 is 26.4. The summed E-state index contributed by atoms with van der Waals surface area (Å²) in [7, 11) is 1.60. The molecule has 0 saturated heterocycles. The summed E-state index contributed by atoms with van der Waals surface area (Å²) in [4.78, 5) is 0. The van der Waals surface area contributed by atoms with Crippen LogP contribution in [0.15, 0.2) is 10.5 Å². The topological polar surface area (TPSA) is 32.3 Å². The minimum Gasteiger partial charge on any atom is -0.506 e. The molecule has 1 unspecified atom stereocenters. The second kappa shape index (κ2) is 4.23. The first-order chi connectivity index (χ1) is 6.49. The van der Waals surface area contributed by atoms with Gasteiger partial charge in [-0.15, -0.1) is 0 Å². The maximum atomic E-state index is 13.3. The van der Waals surface area contributed by atoms with Crippen LogP contribution in [-0.4, -0.2) is 12.2 Å². The number of aromatic hydroxyl groups is 1. The molecule has 0 aliphatic heterocycles. The Morgan fingerprint density at radius 1 is 1.50 bits per heavy atom. The molecule has 0 amide bonds. The third-order valence-electron chi connectivity index (χ3n) is 2.05. The Balaban J connectivity index is 3.39. The molecule has 1 atom stereocenters. The van der Waals surface area contributed by atoms with Crippen LogP contribution in [0.3, 0.4) is 0 Å². The van der Waals surface area contributed by atoms with E-state index >= 15 is 0 Å². The Morgan fingerprint density at radius 2 is 2.07 bits per heavy atom. The summed E-state index contributed by atoms with van der Waals surface area (Å²) in [5.74, 6) is -2.27. The van der Waals surface area contributed by atoms with E-state index in [1.165, 1.54) is 0 Å². The number of benzene rings is 1. The van der Waals surface area contributed by atoms with E-state index in [9.17, 15) is 13.9 Å². The zero-order chi connectivity index (χ0) is 10.9. The maximum absolute atomic E-state index is 13.3. The van der Waals surface area contributed by atoms with Crippen molar-refractivity contribution in [1.29, 1.82) is 0 Å². The first-order valence-electron chi connectivity index (χ1n) is 4.02. The second-order valence-electron chi connectivity index (χ2n) is 2.93. The van der Waals surface area contributed by atoms with Crippen molar-refractivity contribution in [2.45, 2.75) is 13.0 Å². The van der Waals surface area contributed by atoms with Gasteiger partial charge in [0.2, 0.25) is 0 Å². The largest absolute Gasteiger partial charge is 0.506 e. The minimum atomic E-state index is -1.02. The Labute approximate surface area is 89.1 Å². The van der Waals surface area contributed by atoms with Crippen molar-refractivity contribution < 1.29 is 13.9 Å². The third kappa shape index (κ3) is 1.88. The number of hydrogen-bond donors (Lipinski definition) is 2. The number of hydrogen-bond acceptors (Lipinski definition) is 2. The molecule has 0 radical (unpaired) electrons. The minimum absolute atomic E-state index is 0.0700. The molecule has 1 aromatic rings. The average molecular weight is 266 g/mol. The quantitative estimate of drug-likeness (QED) is 0.806. The van der Waals surface area contributed by atoms with E-state index < -0.39 is 17.7 Å². The van der Waals surface area contributed by atoms with Gasteiger partial charge in [0.25, 0.3) is 0 Å². The van der Waals surface area contributed by atoms with Gasteiger partial charge in [0.15, 0.2) is 11.6 Å². The van der Waals surface area contributed by atoms with E-state index in [4.69, 9.17) is 0 Å². The number of nitrogens with one attached hydrogen (secondary N) is 1. The Morgan fingerprint density at radius 3 is 2.57 bits per heavy atom. The molecule has 78 valence electrons. The van der Waals surface area contributed by atoms with Crippen LogP contribution >= 0.6 is 15.9 Å². The fourth-order valence-electron chi connectivity index (χ4n) is 1.14. The molecular weight excluding hydrogens is 256 g/mol. The summed E-state index contributed by atoms with van der Waals surface area (Å²) in [5.41, 5.74) is -0.0700. The highest BCUT2D eigenvalue weighted by Gasteiger charge is 2.20. The van der Waals surface area contributed by atoms with Gasteiger partial charge < -0.3 is 10.4 Å². The molecule has 1 rings (SSSR count). The number of halogens is 3. The summed E-state index contributed by atoms with van der Waals surface area (Å²) in [6.07, 6.45) is 0. The van der Waals surface area contributed by atoms with Crippen LogP contribution in [0, 0.1) is 11.6 Å². The zero-order valence-electron chi connectivity index (χ0n) is 7.74. The SMILES string of the molecule is CNC(C)c1c(O)c(Br)cc(F)c1F. The summed E-state index contributed by atoms with van der Waals surface area (Å²) in [5, 5.41) is 12.2. The lowest BCUT2D eigenvalue weighted by molar-refractivity contribution is 0.422. The molecule has 2 nitrogen and oxygen atoms in total. The van der Waals surface area contributed by atoms with Gasteiger partial charge in [-0.2, -0.15) is 0 Å². The molecule has 0 heterocycles. The molecule has 2 N–H and O–H groups in total. The lowest BCUT2D eigenvalue weighted by Crippen LogP contribution is -2.15. The van der Waals surface area contributed by atoms with Crippen LogP contribution in [0.5, 0.6) is 5.75 Å². The highest BCUT2D eigenvalue weighted by Crippen LogP contribution is 2.35. The lowest BCUT2D eigenvalue weighted by atomic mass is 10.1. The highest BCUT2D eigenvalue weighted by atomic mass is 79.9. The van der Waals surface area contributed by atoms with E-state index in [0.29, 0.717) is 0 Å². The van der Waals surface area contributed by atoms with Crippen molar-refractivity contribution in [3.63, 3.8) is 0 Å². The zero-order valence-corrected chi connectivity index (χ0v) is 9.32. The average Bonchev–Trinajstić information content (AvgIpc) is 2.15. The lowest BCUT2D eigenvalue weighted by Gasteiger charge is -2.14. The van der Waals surface area contributed by atoms with Gasteiger partial charge >= 0.3 is 0 Å². The van der Waals surface area contributed by atoms with Crippen LogP contribution in [0.25, 0.3) is 0 Å². The standard InChI is InChI=1S/C9H10BrF2NO/c1-4(13-2)7-8(12)6(11)3-5(10)9(7)14/h3-4,13-14H,1-2H3. The fraction of sp³-hybridized carbons (Fsp3) is 0.333. The Kier molecular flexibility index (Phi) is 3.44. The van der Waals surface area contributed by atoms with Crippen molar-refractivity contribution >= 4 is 15.9 Å². The Bertz CT molecular complexity index is 331. The Hall–Kier alpha value is -0.680. The van der Waals surface area contributed by atoms with Gasteiger partial charge in [-0.05, 0) is 36.0 Å². The molecule has 14 heavy (non-hydrogen) atoms. The van der Waals surface area contributed by atoms with Crippen molar-refractivity contribution in [3.05, 3.63) is 27.7 Å². The van der Waals surface area contributed by atoms with E-state index in [1.54, 1.807) is 14.0 Å². The second-order valence-corrected chi connectivity index (χ2v) is 3.78. The molecule has 0 spiro atoms. The molecule has 0 aliphatic carbocycles. The molecule has 0 saturated carbocycles. The first-order valence-corrected chi connectivity index (χ1v) is 4.82. The molecule has 1 aromatic carbocycles. The van der Waals surface area contributed by atoms with Gasteiger partial charge in [-0.1, -0.05) is 0 Å². The van der Waals surface area contributed by atoms with Crippen LogP contribution in [-0.2, 0) is 0 Å². The van der Waals surface area contributed by atoms with Crippen LogP contribution in [0.2, 0.25) is 0 Å². The normalized spacial score (nSPS) is 12.9. The van der Waals surface area contributed by atoms with Gasteiger partial charge in [0.05, 0.1) is 10.0 Å². The molecule has 0 bridgehead atoms. The van der Waals surface area contributed by atoms with Crippen molar-refractivity contribution in [3.8, 4) is 5.75 Å². The van der Waals surface area contributed by atoms with Crippen LogP contribution in [0.4, 0.5) is 8.78 Å². The van der Waals surface area contributed by atoms with Crippen LogP contribution in [0.1, 0.15) is 18.5 Å². The van der Waals surface area contributed by atoms with Crippen molar-refractivity contribution in [1.82, 2.24) is 5.32 Å². The van der Waals surface area contributed by atoms with Crippen molar-refractivity contribution in [2.24, 2.45) is 0 Å². The number of phenolic OH excluding ortho intramolecular Hbond substituents is 1. The summed E-state index contributed by atoms with van der Waals surface area (Å²) in [6.45, 7) is 1.63. The van der Waals surface area contributed by atoms with E-state index in [2.05, 4.69) is 21.2 Å². The predicted octanol–water partition coefficient (Wildman–Crippen LogP) is 2.71. The van der Waals surface area contributed by atoms with E-state index in [1.807, 2.05) is 0 Å². The highest BCUT2D eigenvalue weighted by molar-refractivity contribution is 9.10. The third-order valence-corrected chi connectivity index (χ3v) is 2.65. The van der Waals surface area contributed by atoms with E-state index in [0.717, 1.165) is 6.07 Å². The smallest absolute Gasteiger partial charge is 0.167 e. The maximum Gasteiger partial charge on any atom is 0.167 e. The molecule has 5 heteroatoms. The fourth-order valence-corrected chi connectivity index (χ4v) is 1.56. The van der Waals surface area contributed by atoms with Gasteiger partial charge in [0, 0.05) is 6.04 Å². The first kappa shape index (κ1) is 11.4. The van der Waals surface area contributed by atoms with Gasteiger partial charge in [-0.25, -0.2) is 8.78 Å².